The Hall–Kier alpha value is -0.530. The quantitative estimate of drug-likeness (QED) is 0.546. The first-order valence-corrected chi connectivity index (χ1v) is 3.99. The second-order valence-corrected chi connectivity index (χ2v) is 2.81. The summed E-state index contributed by atoms with van der Waals surface area (Å²) in [6.45, 7) is 5.96. The zero-order valence-electron chi connectivity index (χ0n) is 6.76. The van der Waals surface area contributed by atoms with Crippen LogP contribution >= 0.6 is 0 Å². The van der Waals surface area contributed by atoms with Gasteiger partial charge in [0.25, 0.3) is 0 Å². The van der Waals surface area contributed by atoms with E-state index >= 15 is 0 Å². The highest BCUT2D eigenvalue weighted by molar-refractivity contribution is 5.76. The van der Waals surface area contributed by atoms with Crippen molar-refractivity contribution in [1.82, 2.24) is 0 Å². The molecule has 0 N–H and O–H groups in total. The lowest BCUT2D eigenvalue weighted by atomic mass is 10.0. The summed E-state index contributed by atoms with van der Waals surface area (Å²) in [7, 11) is 0. The lowest BCUT2D eigenvalue weighted by molar-refractivity contribution is 0.299. The number of aliphatic imine (C=N–C) groups is 1. The van der Waals surface area contributed by atoms with Crippen molar-refractivity contribution in [3.05, 3.63) is 0 Å². The van der Waals surface area contributed by atoms with Gasteiger partial charge in [0.05, 0.1) is 6.61 Å². The predicted octanol–water partition coefficient (Wildman–Crippen LogP) is 1.85. The average Bonchev–Trinajstić information content (AvgIpc) is 1.88. The van der Waals surface area contributed by atoms with Crippen LogP contribution in [0.4, 0.5) is 0 Å². The Labute approximate surface area is 62.3 Å². The molecule has 2 heteroatoms. The normalized spacial score (nSPS) is 25.8. The summed E-state index contributed by atoms with van der Waals surface area (Å²) in [5.41, 5.74) is 0. The first-order valence-electron chi connectivity index (χ1n) is 3.99. The van der Waals surface area contributed by atoms with Crippen molar-refractivity contribution in [2.24, 2.45) is 10.9 Å². The van der Waals surface area contributed by atoms with Crippen molar-refractivity contribution in [1.29, 1.82) is 0 Å². The van der Waals surface area contributed by atoms with Gasteiger partial charge in [-0.2, -0.15) is 0 Å². The van der Waals surface area contributed by atoms with Crippen LogP contribution in [-0.2, 0) is 4.74 Å². The van der Waals surface area contributed by atoms with Crippen LogP contribution in [0.2, 0.25) is 0 Å². The third kappa shape index (κ3) is 2.01. The molecule has 1 unspecified atom stereocenters. The Balaban J connectivity index is 2.36. The summed E-state index contributed by atoms with van der Waals surface area (Å²) < 4.78 is 5.30. The smallest absolute Gasteiger partial charge is 0.183 e. The van der Waals surface area contributed by atoms with Crippen LogP contribution in [0, 0.1) is 5.92 Å². The van der Waals surface area contributed by atoms with E-state index in [9.17, 15) is 0 Å². The molecule has 1 rings (SSSR count). The molecule has 1 aliphatic rings. The molecule has 0 radical (unpaired) electrons. The summed E-state index contributed by atoms with van der Waals surface area (Å²) in [5, 5.41) is 0. The Morgan fingerprint density at radius 2 is 2.50 bits per heavy atom. The fourth-order valence-electron chi connectivity index (χ4n) is 1.15. The van der Waals surface area contributed by atoms with Crippen LogP contribution in [0.15, 0.2) is 4.99 Å². The molecule has 58 valence electrons. The average molecular weight is 141 g/mol. The lowest BCUT2D eigenvalue weighted by Gasteiger charge is -2.17. The SMILES string of the molecule is CCOC1=NCCC(C)C1. The molecule has 2 nitrogen and oxygen atoms in total. The van der Waals surface area contributed by atoms with E-state index in [-0.39, 0.29) is 0 Å². The molecule has 0 aromatic carbocycles. The summed E-state index contributed by atoms with van der Waals surface area (Å²) in [6.07, 6.45) is 2.25. The van der Waals surface area contributed by atoms with Crippen molar-refractivity contribution in [2.45, 2.75) is 26.7 Å². The van der Waals surface area contributed by atoms with Crippen LogP contribution in [0.25, 0.3) is 0 Å². The van der Waals surface area contributed by atoms with Gasteiger partial charge in [0.2, 0.25) is 0 Å². The first-order chi connectivity index (χ1) is 4.83. The van der Waals surface area contributed by atoms with E-state index in [0.717, 1.165) is 31.4 Å². The fraction of sp³-hybridized carbons (Fsp3) is 0.875. The summed E-state index contributed by atoms with van der Waals surface area (Å²) in [4.78, 5) is 4.26. The van der Waals surface area contributed by atoms with E-state index in [1.165, 1.54) is 6.42 Å². The van der Waals surface area contributed by atoms with E-state index in [0.29, 0.717) is 0 Å². The first kappa shape index (κ1) is 7.58. The number of hydrogen-bond donors (Lipinski definition) is 0. The molecule has 1 aliphatic heterocycles. The van der Waals surface area contributed by atoms with Crippen LogP contribution in [-0.4, -0.2) is 19.0 Å². The second-order valence-electron chi connectivity index (χ2n) is 2.81. The molecule has 0 bridgehead atoms. The van der Waals surface area contributed by atoms with Crippen LogP contribution in [0.3, 0.4) is 0 Å². The van der Waals surface area contributed by atoms with Crippen LogP contribution < -0.4 is 0 Å². The van der Waals surface area contributed by atoms with Gasteiger partial charge in [-0.3, -0.25) is 4.99 Å². The Morgan fingerprint density at radius 3 is 3.10 bits per heavy atom. The highest BCUT2D eigenvalue weighted by Gasteiger charge is 2.12. The molecule has 0 fully saturated rings. The number of rotatable bonds is 1. The number of nitrogens with zero attached hydrogens (tertiary/aromatic N) is 1. The van der Waals surface area contributed by atoms with Gasteiger partial charge >= 0.3 is 0 Å². The molecule has 1 atom stereocenters. The Kier molecular flexibility index (Phi) is 2.72. The number of hydrogen-bond acceptors (Lipinski definition) is 2. The maximum atomic E-state index is 5.30. The van der Waals surface area contributed by atoms with Gasteiger partial charge in [-0.05, 0) is 19.3 Å². The summed E-state index contributed by atoms with van der Waals surface area (Å²) in [6, 6.07) is 0. The van der Waals surface area contributed by atoms with Gasteiger partial charge in [0, 0.05) is 13.0 Å². The maximum absolute atomic E-state index is 5.30. The van der Waals surface area contributed by atoms with Gasteiger partial charge in [-0.15, -0.1) is 0 Å². The highest BCUT2D eigenvalue weighted by atomic mass is 16.5. The lowest BCUT2D eigenvalue weighted by Crippen LogP contribution is -2.16. The van der Waals surface area contributed by atoms with E-state index in [1.807, 2.05) is 6.92 Å². The molecule has 0 spiro atoms. The molecule has 0 aromatic rings. The van der Waals surface area contributed by atoms with E-state index in [2.05, 4.69) is 11.9 Å². The zero-order chi connectivity index (χ0) is 7.40. The predicted molar refractivity (Wildman–Crippen MR) is 42.3 cm³/mol. The third-order valence-corrected chi connectivity index (χ3v) is 1.74. The third-order valence-electron chi connectivity index (χ3n) is 1.74. The van der Waals surface area contributed by atoms with Crippen molar-refractivity contribution in [3.8, 4) is 0 Å². The second kappa shape index (κ2) is 3.59. The monoisotopic (exact) mass is 141 g/mol. The zero-order valence-corrected chi connectivity index (χ0v) is 6.76. The fourth-order valence-corrected chi connectivity index (χ4v) is 1.15. The van der Waals surface area contributed by atoms with Gasteiger partial charge in [0.15, 0.2) is 5.90 Å². The van der Waals surface area contributed by atoms with E-state index in [4.69, 9.17) is 4.74 Å². The minimum atomic E-state index is 0.756. The van der Waals surface area contributed by atoms with E-state index in [1.54, 1.807) is 0 Å². The van der Waals surface area contributed by atoms with Gasteiger partial charge < -0.3 is 4.74 Å². The van der Waals surface area contributed by atoms with Crippen molar-refractivity contribution < 1.29 is 4.74 Å². The largest absolute Gasteiger partial charge is 0.481 e. The number of ether oxygens (including phenoxy) is 1. The molecule has 0 saturated heterocycles. The minimum absolute atomic E-state index is 0.756. The van der Waals surface area contributed by atoms with Crippen molar-refractivity contribution in [3.63, 3.8) is 0 Å². The van der Waals surface area contributed by atoms with Gasteiger partial charge in [-0.25, -0.2) is 0 Å². The minimum Gasteiger partial charge on any atom is -0.481 e. The Bertz CT molecular complexity index is 131. The molecular weight excluding hydrogens is 126 g/mol. The topological polar surface area (TPSA) is 21.6 Å². The maximum Gasteiger partial charge on any atom is 0.183 e. The molecule has 10 heavy (non-hydrogen) atoms. The van der Waals surface area contributed by atoms with Crippen LogP contribution in [0.1, 0.15) is 26.7 Å². The summed E-state index contributed by atoms with van der Waals surface area (Å²) in [5.74, 6) is 1.72. The molecule has 0 aliphatic carbocycles. The van der Waals surface area contributed by atoms with Gasteiger partial charge in [0.1, 0.15) is 0 Å². The Morgan fingerprint density at radius 1 is 1.70 bits per heavy atom. The molecule has 0 amide bonds. The van der Waals surface area contributed by atoms with Crippen molar-refractivity contribution in [2.75, 3.05) is 13.2 Å². The van der Waals surface area contributed by atoms with E-state index < -0.39 is 0 Å². The van der Waals surface area contributed by atoms with Gasteiger partial charge in [-0.1, -0.05) is 6.92 Å². The van der Waals surface area contributed by atoms with Crippen LogP contribution in [0.5, 0.6) is 0 Å². The molecule has 0 saturated carbocycles. The standard InChI is InChI=1S/C8H15NO/c1-3-10-8-6-7(2)4-5-9-8/h7H,3-6H2,1-2H3. The molecule has 1 heterocycles. The highest BCUT2D eigenvalue weighted by Crippen LogP contribution is 2.14. The summed E-state index contributed by atoms with van der Waals surface area (Å²) >= 11 is 0. The molecule has 0 aromatic heterocycles. The van der Waals surface area contributed by atoms with Crippen molar-refractivity contribution >= 4 is 5.90 Å². The molecular formula is C8H15NO.